The highest BCUT2D eigenvalue weighted by Gasteiger charge is 2.55. The maximum atomic E-state index is 13.7. The number of carbonyl (C=O) groups excluding carboxylic acids is 1. The molecule has 3 aliphatic rings. The van der Waals surface area contributed by atoms with Crippen LogP contribution in [0.25, 0.3) is 5.57 Å². The average Bonchev–Trinajstić information content (AvgIpc) is 2.94. The van der Waals surface area contributed by atoms with Crippen LogP contribution in [0.3, 0.4) is 0 Å². The number of rotatable bonds is 5. The number of thioether (sulfide) groups is 1. The smallest absolute Gasteiger partial charge is 0.282 e. The second kappa shape index (κ2) is 9.14. The first kappa shape index (κ1) is 22.6. The van der Waals surface area contributed by atoms with Gasteiger partial charge >= 0.3 is 0 Å². The zero-order chi connectivity index (χ0) is 22.2. The van der Waals surface area contributed by atoms with Crippen molar-refractivity contribution < 1.29 is 19.6 Å². The van der Waals surface area contributed by atoms with Crippen LogP contribution in [0, 0.1) is 26.7 Å². The summed E-state index contributed by atoms with van der Waals surface area (Å²) in [5, 5.41) is 14.9. The molecular weight excluding hydrogens is 412 g/mol. The summed E-state index contributed by atoms with van der Waals surface area (Å²) in [5.74, 6) is 2.68. The van der Waals surface area contributed by atoms with E-state index < -0.39 is 5.54 Å². The molecule has 0 radical (unpaired) electrons. The van der Waals surface area contributed by atoms with Crippen molar-refractivity contribution in [2.75, 3.05) is 38.3 Å². The van der Waals surface area contributed by atoms with Crippen molar-refractivity contribution in [3.05, 3.63) is 40.1 Å². The summed E-state index contributed by atoms with van der Waals surface area (Å²) in [6.45, 7) is 7.85. The third kappa shape index (κ3) is 4.13. The van der Waals surface area contributed by atoms with E-state index >= 15 is 0 Å². The molecule has 6 nitrogen and oxygen atoms in total. The predicted molar refractivity (Wildman–Crippen MR) is 124 cm³/mol. The van der Waals surface area contributed by atoms with Gasteiger partial charge in [0.2, 0.25) is 0 Å². The Kier molecular flexibility index (Phi) is 6.68. The molecule has 2 fully saturated rings. The van der Waals surface area contributed by atoms with Gasteiger partial charge < -0.3 is 9.94 Å². The SMILES string of the molecule is CON1CCC2(CC1)C(O)=C(c1c(C)cc(C)cc1C)C(=O)N2OCC1CCSCC1. The van der Waals surface area contributed by atoms with Gasteiger partial charge in [-0.1, -0.05) is 17.7 Å². The van der Waals surface area contributed by atoms with Gasteiger partial charge in [0.25, 0.3) is 5.91 Å². The lowest BCUT2D eigenvalue weighted by Crippen LogP contribution is -2.55. The number of benzene rings is 1. The normalized spacial score (nSPS) is 22.7. The maximum Gasteiger partial charge on any atom is 0.282 e. The predicted octanol–water partition coefficient (Wildman–Crippen LogP) is 4.19. The standard InChI is InChI=1S/C24H34N2O4S/c1-16-13-17(2)20(18(3)14-16)21-22(27)24(7-9-25(29-4)10-8-24)26(23(21)28)30-15-19-5-11-31-12-6-19/h13-14,19,27H,5-12,15H2,1-4H3. The van der Waals surface area contributed by atoms with E-state index in [2.05, 4.69) is 12.1 Å². The molecule has 0 unspecified atom stereocenters. The quantitative estimate of drug-likeness (QED) is 0.732. The van der Waals surface area contributed by atoms with E-state index in [4.69, 9.17) is 9.68 Å². The Bertz CT molecular complexity index is 847. The molecule has 0 aliphatic carbocycles. The third-order valence-electron chi connectivity index (χ3n) is 6.98. The van der Waals surface area contributed by atoms with Crippen molar-refractivity contribution in [1.82, 2.24) is 10.1 Å². The average molecular weight is 447 g/mol. The van der Waals surface area contributed by atoms with Crippen LogP contribution >= 0.6 is 11.8 Å². The maximum absolute atomic E-state index is 13.7. The molecule has 0 aromatic heterocycles. The topological polar surface area (TPSA) is 62.2 Å². The summed E-state index contributed by atoms with van der Waals surface area (Å²) in [5.41, 5.74) is 3.57. The van der Waals surface area contributed by atoms with Gasteiger partial charge in [0.05, 0.1) is 19.3 Å². The second-order valence-corrected chi connectivity index (χ2v) is 10.3. The van der Waals surface area contributed by atoms with E-state index in [0.29, 0.717) is 44.0 Å². The fraction of sp³-hybridized carbons (Fsp3) is 0.625. The monoisotopic (exact) mass is 446 g/mol. The van der Waals surface area contributed by atoms with Gasteiger partial charge in [0, 0.05) is 13.1 Å². The van der Waals surface area contributed by atoms with E-state index in [1.807, 2.05) is 37.6 Å². The van der Waals surface area contributed by atoms with Gasteiger partial charge in [-0.25, -0.2) is 5.06 Å². The molecule has 1 N–H and O–H groups in total. The van der Waals surface area contributed by atoms with Gasteiger partial charge in [0.15, 0.2) is 0 Å². The number of hydrogen-bond acceptors (Lipinski definition) is 6. The summed E-state index contributed by atoms with van der Waals surface area (Å²) < 4.78 is 0. The first-order chi connectivity index (χ1) is 14.9. The molecule has 1 spiro atoms. The first-order valence-corrected chi connectivity index (χ1v) is 12.4. The summed E-state index contributed by atoms with van der Waals surface area (Å²) in [6, 6.07) is 4.14. The molecule has 7 heteroatoms. The Morgan fingerprint density at radius 1 is 1.13 bits per heavy atom. The Hall–Kier alpha value is -1.54. The molecule has 170 valence electrons. The van der Waals surface area contributed by atoms with Crippen molar-refractivity contribution in [2.24, 2.45) is 5.92 Å². The van der Waals surface area contributed by atoms with Gasteiger partial charge in [-0.15, -0.1) is 0 Å². The van der Waals surface area contributed by atoms with Crippen molar-refractivity contribution in [3.63, 3.8) is 0 Å². The lowest BCUT2D eigenvalue weighted by atomic mass is 9.85. The van der Waals surface area contributed by atoms with Crippen molar-refractivity contribution >= 4 is 23.2 Å². The lowest BCUT2D eigenvalue weighted by molar-refractivity contribution is -0.236. The Morgan fingerprint density at radius 3 is 2.32 bits per heavy atom. The number of aliphatic hydroxyl groups is 1. The van der Waals surface area contributed by atoms with Gasteiger partial charge in [0.1, 0.15) is 11.3 Å². The molecule has 0 atom stereocenters. The molecule has 2 saturated heterocycles. The fourth-order valence-corrected chi connectivity index (χ4v) is 6.48. The molecule has 0 bridgehead atoms. The summed E-state index contributed by atoms with van der Waals surface area (Å²) >= 11 is 1.98. The van der Waals surface area contributed by atoms with Crippen LogP contribution in [0.2, 0.25) is 0 Å². The van der Waals surface area contributed by atoms with Crippen LogP contribution in [0.5, 0.6) is 0 Å². The molecule has 3 aliphatic heterocycles. The first-order valence-electron chi connectivity index (χ1n) is 11.2. The van der Waals surface area contributed by atoms with Crippen LogP contribution < -0.4 is 0 Å². The Morgan fingerprint density at radius 2 is 1.74 bits per heavy atom. The third-order valence-corrected chi connectivity index (χ3v) is 8.03. The lowest BCUT2D eigenvalue weighted by Gasteiger charge is -2.43. The summed E-state index contributed by atoms with van der Waals surface area (Å²) in [7, 11) is 1.66. The summed E-state index contributed by atoms with van der Waals surface area (Å²) in [6.07, 6.45) is 3.37. The van der Waals surface area contributed by atoms with Crippen LogP contribution in [-0.4, -0.2) is 65.0 Å². The number of hydroxylamine groups is 4. The van der Waals surface area contributed by atoms with Crippen molar-refractivity contribution in [1.29, 1.82) is 0 Å². The number of piperidine rings is 1. The Balaban J connectivity index is 1.69. The number of hydrogen-bond donors (Lipinski definition) is 1. The highest BCUT2D eigenvalue weighted by Crippen LogP contribution is 2.46. The van der Waals surface area contributed by atoms with E-state index in [0.717, 1.165) is 46.6 Å². The van der Waals surface area contributed by atoms with Crippen LogP contribution in [0.15, 0.2) is 17.9 Å². The van der Waals surface area contributed by atoms with Gasteiger partial charge in [-0.3, -0.25) is 9.63 Å². The van der Waals surface area contributed by atoms with E-state index in [1.54, 1.807) is 7.11 Å². The highest BCUT2D eigenvalue weighted by molar-refractivity contribution is 7.99. The van der Waals surface area contributed by atoms with Crippen molar-refractivity contribution in [3.8, 4) is 0 Å². The Labute approximate surface area is 189 Å². The molecule has 3 heterocycles. The van der Waals surface area contributed by atoms with E-state index in [9.17, 15) is 9.90 Å². The van der Waals surface area contributed by atoms with Crippen LogP contribution in [0.4, 0.5) is 0 Å². The highest BCUT2D eigenvalue weighted by atomic mass is 32.2. The van der Waals surface area contributed by atoms with Crippen LogP contribution in [-0.2, 0) is 14.5 Å². The minimum Gasteiger partial charge on any atom is -0.509 e. The van der Waals surface area contributed by atoms with Gasteiger partial charge in [-0.05, 0) is 80.6 Å². The minimum atomic E-state index is -0.825. The van der Waals surface area contributed by atoms with Gasteiger partial charge in [-0.2, -0.15) is 16.8 Å². The van der Waals surface area contributed by atoms with E-state index in [-0.39, 0.29) is 11.7 Å². The molecule has 1 amide bonds. The molecule has 0 saturated carbocycles. The molecule has 1 aromatic carbocycles. The van der Waals surface area contributed by atoms with E-state index in [1.165, 1.54) is 5.06 Å². The number of carbonyl (C=O) groups is 1. The summed E-state index contributed by atoms with van der Waals surface area (Å²) in [4.78, 5) is 25.4. The minimum absolute atomic E-state index is 0.155. The number of amides is 1. The van der Waals surface area contributed by atoms with Crippen LogP contribution in [0.1, 0.15) is 47.9 Å². The largest absolute Gasteiger partial charge is 0.509 e. The zero-order valence-electron chi connectivity index (χ0n) is 19.1. The number of nitrogens with zero attached hydrogens (tertiary/aromatic N) is 2. The number of aryl methyl sites for hydroxylation is 3. The zero-order valence-corrected chi connectivity index (χ0v) is 19.9. The second-order valence-electron chi connectivity index (χ2n) is 9.09. The fourth-order valence-electron chi connectivity index (χ4n) is 5.28. The van der Waals surface area contributed by atoms with Crippen molar-refractivity contribution in [2.45, 2.75) is 52.0 Å². The number of aliphatic hydroxyl groups excluding tert-OH is 1. The molecule has 4 rings (SSSR count). The molecule has 1 aromatic rings. The molecule has 31 heavy (non-hydrogen) atoms. The molecular formula is C24H34N2O4S.